The molecule has 0 saturated carbocycles. The van der Waals surface area contributed by atoms with Crippen molar-refractivity contribution in [2.45, 2.75) is 59.2 Å². The summed E-state index contributed by atoms with van der Waals surface area (Å²) in [6.07, 6.45) is 5.53. The van der Waals surface area contributed by atoms with Crippen LogP contribution >= 0.6 is 0 Å². The summed E-state index contributed by atoms with van der Waals surface area (Å²) < 4.78 is 22.3. The standard InChI is InChI=1S/C34H42FN7O6/c1-6-39-17-26(33(45)46)31(43)25-15-27(35)30(16-29(25)39)40-11-13-41(14-12-40)34(47)48-19-23-7-9-24(10-8-23)36-32(44)22(5)42-18-28(37-38-42)21(4)20(2)3/h7-10,15-18,20-22,25,29H,6,11-14,19H2,1-5H3,(H,36,44)(H,45,46)/t21-,22-,25?,29?/m0/s1. The van der Waals surface area contributed by atoms with Gasteiger partial charge in [0.1, 0.15) is 24.0 Å². The summed E-state index contributed by atoms with van der Waals surface area (Å²) in [5, 5.41) is 20.6. The van der Waals surface area contributed by atoms with Gasteiger partial charge in [-0.1, -0.05) is 38.1 Å². The number of likely N-dealkylation sites (N-methyl/N-ethyl adjacent to an activating group) is 1. The predicted molar refractivity (Wildman–Crippen MR) is 174 cm³/mol. The van der Waals surface area contributed by atoms with Crippen molar-refractivity contribution in [1.29, 1.82) is 0 Å². The maximum absolute atomic E-state index is 15.2. The number of allylic oxidation sites excluding steroid dienone is 1. The molecule has 1 aromatic carbocycles. The molecule has 2 aromatic rings. The van der Waals surface area contributed by atoms with Gasteiger partial charge in [-0.05, 0) is 49.6 Å². The van der Waals surface area contributed by atoms with Crippen molar-refractivity contribution < 1.29 is 33.4 Å². The highest BCUT2D eigenvalue weighted by Gasteiger charge is 2.41. The molecule has 3 aliphatic rings. The molecule has 0 spiro atoms. The normalized spacial score (nSPS) is 20.8. The number of piperazine rings is 1. The molecule has 1 fully saturated rings. The molecule has 48 heavy (non-hydrogen) atoms. The number of aromatic nitrogens is 3. The number of amides is 2. The molecule has 1 saturated heterocycles. The van der Waals surface area contributed by atoms with Gasteiger partial charge in [0.2, 0.25) is 5.91 Å². The number of carboxylic acids is 1. The molecule has 1 aliphatic carbocycles. The van der Waals surface area contributed by atoms with Crippen molar-refractivity contribution in [2.24, 2.45) is 11.8 Å². The van der Waals surface area contributed by atoms with Crippen LogP contribution in [0.15, 0.2) is 65.9 Å². The third-order valence-electron chi connectivity index (χ3n) is 9.34. The second kappa shape index (κ2) is 14.4. The van der Waals surface area contributed by atoms with Gasteiger partial charge in [0.05, 0.1) is 23.4 Å². The number of hydrogen-bond acceptors (Lipinski definition) is 9. The summed E-state index contributed by atoms with van der Waals surface area (Å²) in [5.74, 6) is -3.05. The lowest BCUT2D eigenvalue weighted by Gasteiger charge is -2.42. The Morgan fingerprint density at radius 1 is 1.06 bits per heavy atom. The van der Waals surface area contributed by atoms with Crippen molar-refractivity contribution >= 4 is 29.4 Å². The number of carboxylic acid groups (broad SMARTS) is 1. The van der Waals surface area contributed by atoms with E-state index in [-0.39, 0.29) is 24.0 Å². The number of hydrogen-bond donors (Lipinski definition) is 2. The Hall–Kier alpha value is -5.01. The molecule has 1 aromatic heterocycles. The van der Waals surface area contributed by atoms with Gasteiger partial charge in [-0.15, -0.1) is 5.10 Å². The summed E-state index contributed by atoms with van der Waals surface area (Å²) in [4.78, 5) is 55.0. The molecule has 2 amide bonds. The first-order chi connectivity index (χ1) is 22.9. The zero-order valence-electron chi connectivity index (χ0n) is 27.8. The van der Waals surface area contributed by atoms with Crippen LogP contribution in [0, 0.1) is 11.8 Å². The Morgan fingerprint density at radius 3 is 2.38 bits per heavy atom. The van der Waals surface area contributed by atoms with Crippen molar-refractivity contribution in [1.82, 2.24) is 29.7 Å². The minimum absolute atomic E-state index is 0.0394. The number of halogens is 1. The lowest BCUT2D eigenvalue weighted by molar-refractivity contribution is -0.136. The minimum atomic E-state index is -1.33. The average molecular weight is 664 g/mol. The second-order valence-corrected chi connectivity index (χ2v) is 12.7. The van der Waals surface area contributed by atoms with Gasteiger partial charge < -0.3 is 29.9 Å². The number of aliphatic carboxylic acids is 1. The molecule has 4 atom stereocenters. The number of benzene rings is 1. The molecule has 14 heteroatoms. The van der Waals surface area contributed by atoms with E-state index in [1.165, 1.54) is 12.3 Å². The fraction of sp³-hybridized carbons (Fsp3) is 0.471. The highest BCUT2D eigenvalue weighted by atomic mass is 19.1. The van der Waals surface area contributed by atoms with Crippen LogP contribution in [0.5, 0.6) is 0 Å². The smallest absolute Gasteiger partial charge is 0.410 e. The Kier molecular flexibility index (Phi) is 10.3. The monoisotopic (exact) mass is 663 g/mol. The number of rotatable bonds is 10. The average Bonchev–Trinajstić information content (AvgIpc) is 3.57. The zero-order chi connectivity index (χ0) is 34.7. The zero-order valence-corrected chi connectivity index (χ0v) is 27.8. The lowest BCUT2D eigenvalue weighted by Crippen LogP contribution is -2.50. The largest absolute Gasteiger partial charge is 0.478 e. The second-order valence-electron chi connectivity index (χ2n) is 12.7. The molecule has 3 heterocycles. The number of ketones is 1. The molecule has 0 radical (unpaired) electrons. The lowest BCUT2D eigenvalue weighted by atomic mass is 9.82. The molecule has 0 bridgehead atoms. The van der Waals surface area contributed by atoms with Crippen LogP contribution in [-0.2, 0) is 25.7 Å². The first-order valence-corrected chi connectivity index (χ1v) is 16.2. The number of anilines is 1. The Morgan fingerprint density at radius 2 is 1.75 bits per heavy atom. The van der Waals surface area contributed by atoms with Crippen LogP contribution in [0.1, 0.15) is 57.8 Å². The van der Waals surface area contributed by atoms with Gasteiger partial charge >= 0.3 is 12.1 Å². The van der Waals surface area contributed by atoms with E-state index >= 15 is 4.39 Å². The van der Waals surface area contributed by atoms with Gasteiger partial charge in [0.25, 0.3) is 0 Å². The van der Waals surface area contributed by atoms with Crippen LogP contribution in [-0.4, -0.2) is 97.3 Å². The van der Waals surface area contributed by atoms with Gasteiger partial charge in [0, 0.05) is 56.7 Å². The molecule has 2 unspecified atom stereocenters. The number of Topliss-reactive ketones (excluding diaryl/α,β-unsaturated/α-hetero) is 1. The maximum Gasteiger partial charge on any atom is 0.410 e. The van der Waals surface area contributed by atoms with Gasteiger partial charge in [-0.3, -0.25) is 9.59 Å². The highest BCUT2D eigenvalue weighted by molar-refractivity contribution is 6.18. The van der Waals surface area contributed by atoms with Crippen molar-refractivity contribution in [3.63, 3.8) is 0 Å². The molecule has 13 nitrogen and oxygen atoms in total. The topological polar surface area (TPSA) is 150 Å². The predicted octanol–water partition coefficient (Wildman–Crippen LogP) is 4.10. The van der Waals surface area contributed by atoms with Crippen LogP contribution in [0.25, 0.3) is 0 Å². The third kappa shape index (κ3) is 7.26. The highest BCUT2D eigenvalue weighted by Crippen LogP contribution is 2.35. The maximum atomic E-state index is 15.2. The van der Waals surface area contributed by atoms with E-state index in [1.807, 2.05) is 11.8 Å². The number of nitrogens with one attached hydrogen (secondary N) is 1. The van der Waals surface area contributed by atoms with E-state index in [9.17, 15) is 24.3 Å². The quantitative estimate of drug-likeness (QED) is 0.356. The summed E-state index contributed by atoms with van der Waals surface area (Å²) in [6.45, 7) is 11.7. The summed E-state index contributed by atoms with van der Waals surface area (Å²) in [7, 11) is 0. The van der Waals surface area contributed by atoms with Crippen LogP contribution in [0.3, 0.4) is 0 Å². The van der Waals surface area contributed by atoms with E-state index in [0.29, 0.717) is 50.0 Å². The van der Waals surface area contributed by atoms with Crippen LogP contribution in [0.2, 0.25) is 0 Å². The Bertz CT molecular complexity index is 1640. The van der Waals surface area contributed by atoms with Crippen LogP contribution in [0.4, 0.5) is 14.9 Å². The first kappa shape index (κ1) is 34.3. The minimum Gasteiger partial charge on any atom is -0.478 e. The fourth-order valence-corrected chi connectivity index (χ4v) is 5.88. The van der Waals surface area contributed by atoms with E-state index in [1.54, 1.807) is 57.9 Å². The van der Waals surface area contributed by atoms with Crippen molar-refractivity contribution in [2.75, 3.05) is 38.0 Å². The summed E-state index contributed by atoms with van der Waals surface area (Å²) in [5.41, 5.74) is 2.16. The van der Waals surface area contributed by atoms with E-state index < -0.39 is 41.7 Å². The first-order valence-electron chi connectivity index (χ1n) is 16.2. The van der Waals surface area contributed by atoms with Crippen LogP contribution < -0.4 is 5.32 Å². The SMILES string of the molecule is CCN1C=C(C(=O)O)C(=O)C2C=C(F)C(N3CCN(C(=O)OCc4ccc(NC(=O)[C@H](C)n5cc([C@@H](C)C(C)C)nn5)cc4)CC3)=CC21. The van der Waals surface area contributed by atoms with Gasteiger partial charge in [0.15, 0.2) is 5.78 Å². The van der Waals surface area contributed by atoms with E-state index in [4.69, 9.17) is 4.74 Å². The van der Waals surface area contributed by atoms with E-state index in [0.717, 1.165) is 11.3 Å². The molecule has 2 N–H and O–H groups in total. The number of carbonyl (C=O) groups is 4. The molecular formula is C34H42FN7O6. The molecule has 256 valence electrons. The fourth-order valence-electron chi connectivity index (χ4n) is 5.88. The summed E-state index contributed by atoms with van der Waals surface area (Å²) in [6, 6.07) is 5.96. The Balaban J connectivity index is 1.10. The number of carbonyl (C=O) groups excluding carboxylic acids is 3. The Labute approximate surface area is 278 Å². The van der Waals surface area contributed by atoms with Gasteiger partial charge in [-0.2, -0.15) is 0 Å². The molecular weight excluding hydrogens is 621 g/mol. The van der Waals surface area contributed by atoms with Gasteiger partial charge in [-0.25, -0.2) is 18.7 Å². The molecule has 2 aliphatic heterocycles. The van der Waals surface area contributed by atoms with E-state index in [2.05, 4.69) is 36.4 Å². The molecule has 5 rings (SSSR count). The number of ether oxygens (including phenoxy) is 1. The van der Waals surface area contributed by atoms with Crippen molar-refractivity contribution in [3.05, 3.63) is 77.2 Å². The van der Waals surface area contributed by atoms with Crippen molar-refractivity contribution in [3.8, 4) is 0 Å². The third-order valence-corrected chi connectivity index (χ3v) is 9.34. The number of nitrogens with zero attached hydrogens (tertiary/aromatic N) is 6. The number of fused-ring (bicyclic) bond motifs is 1. The summed E-state index contributed by atoms with van der Waals surface area (Å²) >= 11 is 0.